The fourth-order valence-corrected chi connectivity index (χ4v) is 2.52. The smallest absolute Gasteiger partial charge is 0.257 e. The molecule has 0 bridgehead atoms. The molecule has 22 heavy (non-hydrogen) atoms. The van der Waals surface area contributed by atoms with Gasteiger partial charge in [-0.15, -0.1) is 0 Å². The molecule has 0 spiro atoms. The number of rotatable bonds is 3. The van der Waals surface area contributed by atoms with Crippen molar-refractivity contribution in [1.82, 2.24) is 14.8 Å². The topological polar surface area (TPSA) is 59.8 Å². The molecular weight excluding hydrogens is 368 g/mol. The molecular formula is C15H10BrClN4O. The van der Waals surface area contributed by atoms with Gasteiger partial charge in [0.05, 0.1) is 28.2 Å². The zero-order valence-electron chi connectivity index (χ0n) is 11.2. The first kappa shape index (κ1) is 14.7. The van der Waals surface area contributed by atoms with Crippen LogP contribution in [-0.2, 0) is 0 Å². The molecule has 5 nitrogen and oxygen atoms in total. The Balaban J connectivity index is 1.94. The summed E-state index contributed by atoms with van der Waals surface area (Å²) < 4.78 is 2.43. The van der Waals surface area contributed by atoms with E-state index in [0.29, 0.717) is 16.3 Å². The number of hydrogen-bond acceptors (Lipinski definition) is 3. The summed E-state index contributed by atoms with van der Waals surface area (Å²) in [6.07, 6.45) is 6.66. The molecule has 1 amide bonds. The third-order valence-electron chi connectivity index (χ3n) is 2.97. The van der Waals surface area contributed by atoms with Crippen LogP contribution in [0, 0.1) is 0 Å². The molecule has 0 aliphatic heterocycles. The Morgan fingerprint density at radius 1 is 1.27 bits per heavy atom. The van der Waals surface area contributed by atoms with E-state index in [1.54, 1.807) is 59.8 Å². The number of pyridine rings is 1. The van der Waals surface area contributed by atoms with Crippen LogP contribution in [-0.4, -0.2) is 20.7 Å². The average Bonchev–Trinajstić information content (AvgIpc) is 3.04. The summed E-state index contributed by atoms with van der Waals surface area (Å²) in [4.78, 5) is 16.5. The first-order valence-corrected chi connectivity index (χ1v) is 7.52. The molecule has 0 aliphatic carbocycles. The van der Waals surface area contributed by atoms with Crippen LogP contribution in [0.3, 0.4) is 0 Å². The summed E-state index contributed by atoms with van der Waals surface area (Å²) in [5.74, 6) is -0.312. The Morgan fingerprint density at radius 2 is 2.14 bits per heavy atom. The molecule has 110 valence electrons. The van der Waals surface area contributed by atoms with E-state index in [9.17, 15) is 4.79 Å². The first-order valence-electron chi connectivity index (χ1n) is 6.35. The quantitative estimate of drug-likeness (QED) is 0.752. The highest BCUT2D eigenvalue weighted by Crippen LogP contribution is 2.24. The minimum absolute atomic E-state index is 0.312. The molecule has 1 N–H and O–H groups in total. The second-order valence-corrected chi connectivity index (χ2v) is 5.74. The number of hydrogen-bond donors (Lipinski definition) is 1. The van der Waals surface area contributed by atoms with Gasteiger partial charge in [0, 0.05) is 23.1 Å². The van der Waals surface area contributed by atoms with Crippen molar-refractivity contribution in [3.05, 3.63) is 70.2 Å². The van der Waals surface area contributed by atoms with Crippen LogP contribution >= 0.6 is 27.5 Å². The van der Waals surface area contributed by atoms with E-state index in [0.717, 1.165) is 10.2 Å². The number of amides is 1. The molecule has 0 saturated carbocycles. The Kier molecular flexibility index (Phi) is 4.22. The predicted octanol–water partition coefficient (Wildman–Crippen LogP) is 3.94. The number of halogens is 2. The van der Waals surface area contributed by atoms with Crippen LogP contribution in [0.2, 0.25) is 5.02 Å². The van der Waals surface area contributed by atoms with Crippen molar-refractivity contribution >= 4 is 39.1 Å². The van der Waals surface area contributed by atoms with Crippen molar-refractivity contribution < 1.29 is 4.79 Å². The molecule has 2 heterocycles. The maximum absolute atomic E-state index is 12.4. The van der Waals surface area contributed by atoms with E-state index in [-0.39, 0.29) is 5.91 Å². The molecule has 0 aliphatic rings. The lowest BCUT2D eigenvalue weighted by molar-refractivity contribution is 0.102. The molecule has 0 radical (unpaired) electrons. The van der Waals surface area contributed by atoms with Gasteiger partial charge >= 0.3 is 0 Å². The van der Waals surface area contributed by atoms with E-state index in [2.05, 4.69) is 31.3 Å². The normalized spacial score (nSPS) is 10.5. The van der Waals surface area contributed by atoms with Gasteiger partial charge in [-0.3, -0.25) is 9.78 Å². The van der Waals surface area contributed by atoms with Gasteiger partial charge < -0.3 is 5.32 Å². The van der Waals surface area contributed by atoms with Crippen LogP contribution < -0.4 is 5.32 Å². The predicted molar refractivity (Wildman–Crippen MR) is 88.5 cm³/mol. The van der Waals surface area contributed by atoms with Gasteiger partial charge in [-0.1, -0.05) is 27.5 Å². The molecule has 3 aromatic rings. The van der Waals surface area contributed by atoms with Crippen molar-refractivity contribution in [1.29, 1.82) is 0 Å². The van der Waals surface area contributed by atoms with E-state index in [1.807, 2.05) is 0 Å². The van der Waals surface area contributed by atoms with Crippen molar-refractivity contribution in [3.8, 4) is 5.69 Å². The van der Waals surface area contributed by atoms with Gasteiger partial charge in [0.15, 0.2) is 0 Å². The van der Waals surface area contributed by atoms with E-state index in [1.165, 1.54) is 0 Å². The Morgan fingerprint density at radius 3 is 2.91 bits per heavy atom. The fourth-order valence-electron chi connectivity index (χ4n) is 1.96. The van der Waals surface area contributed by atoms with E-state index < -0.39 is 0 Å². The summed E-state index contributed by atoms with van der Waals surface area (Å²) in [5, 5.41) is 7.36. The molecule has 3 rings (SSSR count). The first-order chi connectivity index (χ1) is 10.6. The Labute approximate surface area is 140 Å². The van der Waals surface area contributed by atoms with Crippen molar-refractivity contribution in [3.63, 3.8) is 0 Å². The minimum Gasteiger partial charge on any atom is -0.319 e. The summed E-state index contributed by atoms with van der Waals surface area (Å²) in [5.41, 5.74) is 1.65. The van der Waals surface area contributed by atoms with Gasteiger partial charge in [-0.2, -0.15) is 5.10 Å². The van der Waals surface area contributed by atoms with Gasteiger partial charge in [0.2, 0.25) is 0 Å². The zero-order valence-corrected chi connectivity index (χ0v) is 13.5. The Hall–Kier alpha value is -2.18. The summed E-state index contributed by atoms with van der Waals surface area (Å²) >= 11 is 9.41. The second kappa shape index (κ2) is 6.29. The molecule has 1 aromatic carbocycles. The van der Waals surface area contributed by atoms with Crippen LogP contribution in [0.5, 0.6) is 0 Å². The van der Waals surface area contributed by atoms with Crippen LogP contribution in [0.15, 0.2) is 59.6 Å². The number of nitrogens with zero attached hydrogens (tertiary/aromatic N) is 3. The SMILES string of the molecule is O=C(Nc1cnccc1-n1cccn1)c1cc(Br)ccc1Cl. The molecule has 0 fully saturated rings. The van der Waals surface area contributed by atoms with E-state index in [4.69, 9.17) is 11.6 Å². The number of carbonyl (C=O) groups is 1. The number of carbonyl (C=O) groups excluding carboxylic acids is 1. The molecule has 7 heteroatoms. The number of benzene rings is 1. The van der Waals surface area contributed by atoms with Crippen molar-refractivity contribution in [2.75, 3.05) is 5.32 Å². The van der Waals surface area contributed by atoms with Crippen LogP contribution in [0.4, 0.5) is 5.69 Å². The van der Waals surface area contributed by atoms with Crippen molar-refractivity contribution in [2.24, 2.45) is 0 Å². The zero-order chi connectivity index (χ0) is 15.5. The van der Waals surface area contributed by atoms with Gasteiger partial charge in [0.1, 0.15) is 0 Å². The number of nitrogens with one attached hydrogen (secondary N) is 1. The average molecular weight is 378 g/mol. The number of aromatic nitrogens is 3. The van der Waals surface area contributed by atoms with Crippen LogP contribution in [0.25, 0.3) is 5.69 Å². The Bertz CT molecular complexity index is 820. The maximum atomic E-state index is 12.4. The highest BCUT2D eigenvalue weighted by molar-refractivity contribution is 9.10. The van der Waals surface area contributed by atoms with E-state index >= 15 is 0 Å². The highest BCUT2D eigenvalue weighted by Gasteiger charge is 2.14. The highest BCUT2D eigenvalue weighted by atomic mass is 79.9. The molecule has 0 unspecified atom stereocenters. The van der Waals surface area contributed by atoms with Gasteiger partial charge in [-0.25, -0.2) is 4.68 Å². The lowest BCUT2D eigenvalue weighted by Gasteiger charge is -2.11. The summed E-state index contributed by atoms with van der Waals surface area (Å²) in [7, 11) is 0. The maximum Gasteiger partial charge on any atom is 0.257 e. The fraction of sp³-hybridized carbons (Fsp3) is 0. The molecule has 2 aromatic heterocycles. The third-order valence-corrected chi connectivity index (χ3v) is 3.79. The third kappa shape index (κ3) is 3.03. The van der Waals surface area contributed by atoms with Crippen molar-refractivity contribution in [2.45, 2.75) is 0 Å². The monoisotopic (exact) mass is 376 g/mol. The standard InChI is InChI=1S/C15H10BrClN4O/c16-10-2-3-12(17)11(8-10)15(22)20-13-9-18-6-4-14(13)21-7-1-5-19-21/h1-9H,(H,20,22). The summed E-state index contributed by atoms with van der Waals surface area (Å²) in [6, 6.07) is 8.68. The lowest BCUT2D eigenvalue weighted by Crippen LogP contribution is -2.14. The van der Waals surface area contributed by atoms with Crippen LogP contribution in [0.1, 0.15) is 10.4 Å². The molecule has 0 atom stereocenters. The second-order valence-electron chi connectivity index (χ2n) is 4.42. The lowest BCUT2D eigenvalue weighted by atomic mass is 10.2. The minimum atomic E-state index is -0.312. The van der Waals surface area contributed by atoms with Gasteiger partial charge in [0.25, 0.3) is 5.91 Å². The molecule has 0 saturated heterocycles. The number of anilines is 1. The largest absolute Gasteiger partial charge is 0.319 e. The summed E-state index contributed by atoms with van der Waals surface area (Å²) in [6.45, 7) is 0. The van der Waals surface area contributed by atoms with Gasteiger partial charge in [-0.05, 0) is 30.3 Å².